The predicted octanol–water partition coefficient (Wildman–Crippen LogP) is 3.43. The quantitative estimate of drug-likeness (QED) is 0.746. The molecule has 1 aromatic heterocycles. The van der Waals surface area contributed by atoms with Gasteiger partial charge >= 0.3 is 6.09 Å². The van der Waals surface area contributed by atoms with Crippen LogP contribution < -0.4 is 9.80 Å². The fraction of sp³-hybridized carbons (Fsp3) is 0.409. The summed E-state index contributed by atoms with van der Waals surface area (Å²) in [6.45, 7) is 9.28. The normalized spacial score (nSPS) is 18.8. The van der Waals surface area contributed by atoms with Crippen molar-refractivity contribution in [1.29, 1.82) is 0 Å². The van der Waals surface area contributed by atoms with Crippen molar-refractivity contribution in [3.05, 3.63) is 53.2 Å². The molecule has 1 atom stereocenters. The van der Waals surface area contributed by atoms with Crippen molar-refractivity contribution < 1.29 is 14.3 Å². The number of benzene rings is 1. The van der Waals surface area contributed by atoms with Gasteiger partial charge in [0.2, 0.25) is 0 Å². The lowest BCUT2D eigenvalue weighted by atomic mass is 10.1. The second kappa shape index (κ2) is 8.92. The topological polar surface area (TPSA) is 66.0 Å². The Morgan fingerprint density at radius 1 is 1.10 bits per heavy atom. The van der Waals surface area contributed by atoms with Crippen molar-refractivity contribution in [3.8, 4) is 0 Å². The number of cyclic esters (lactones) is 1. The van der Waals surface area contributed by atoms with E-state index >= 15 is 0 Å². The standard InChI is InChI=1S/C22H26N4O3.ClH/c1-15-12-16(2)20(23-13-15)24-8-10-25(11-9-24)21(27)18-4-6-19(7-5-18)26-17(3)14-29-22(26)28;/h4-7,12-13,17H,8-11,14H2,1-3H3;1H/t17-;/m0./s1. The van der Waals surface area contributed by atoms with Gasteiger partial charge in [-0.25, -0.2) is 9.78 Å². The third-order valence-corrected chi connectivity index (χ3v) is 5.53. The average molecular weight is 431 g/mol. The zero-order chi connectivity index (χ0) is 20.5. The molecule has 2 aromatic rings. The number of aromatic nitrogens is 1. The Morgan fingerprint density at radius 2 is 1.77 bits per heavy atom. The minimum Gasteiger partial charge on any atom is -0.447 e. The molecule has 160 valence electrons. The molecule has 0 bridgehead atoms. The number of halogens is 1. The van der Waals surface area contributed by atoms with Gasteiger partial charge in [-0.2, -0.15) is 0 Å². The highest BCUT2D eigenvalue weighted by Crippen LogP contribution is 2.24. The molecule has 0 spiro atoms. The molecule has 8 heteroatoms. The lowest BCUT2D eigenvalue weighted by Gasteiger charge is -2.36. The number of hydrogen-bond acceptors (Lipinski definition) is 5. The second-order valence-electron chi connectivity index (χ2n) is 7.78. The summed E-state index contributed by atoms with van der Waals surface area (Å²) in [7, 11) is 0. The number of carbonyl (C=O) groups excluding carboxylic acids is 2. The van der Waals surface area contributed by atoms with Crippen LogP contribution in [0.2, 0.25) is 0 Å². The van der Waals surface area contributed by atoms with Gasteiger partial charge in [-0.3, -0.25) is 9.69 Å². The number of amides is 2. The number of piperazine rings is 1. The largest absolute Gasteiger partial charge is 0.447 e. The fourth-order valence-corrected chi connectivity index (χ4v) is 3.98. The maximum Gasteiger partial charge on any atom is 0.414 e. The maximum absolute atomic E-state index is 12.9. The number of nitrogens with zero attached hydrogens (tertiary/aromatic N) is 4. The number of hydrogen-bond donors (Lipinski definition) is 0. The van der Waals surface area contributed by atoms with Gasteiger partial charge in [0, 0.05) is 43.6 Å². The summed E-state index contributed by atoms with van der Waals surface area (Å²) in [6.07, 6.45) is 1.55. The first kappa shape index (κ1) is 21.9. The van der Waals surface area contributed by atoms with E-state index in [9.17, 15) is 9.59 Å². The van der Waals surface area contributed by atoms with Crippen LogP contribution in [0.15, 0.2) is 36.5 Å². The molecule has 0 radical (unpaired) electrons. The summed E-state index contributed by atoms with van der Waals surface area (Å²) >= 11 is 0. The Balaban J connectivity index is 0.00000256. The van der Waals surface area contributed by atoms with Crippen LogP contribution in [0.1, 0.15) is 28.4 Å². The van der Waals surface area contributed by atoms with Crippen LogP contribution >= 0.6 is 12.4 Å². The molecule has 0 N–H and O–H groups in total. The highest BCUT2D eigenvalue weighted by atomic mass is 35.5. The Morgan fingerprint density at radius 3 is 2.33 bits per heavy atom. The summed E-state index contributed by atoms with van der Waals surface area (Å²) in [6, 6.07) is 9.33. The van der Waals surface area contributed by atoms with Crippen LogP contribution in [0.3, 0.4) is 0 Å². The third-order valence-electron chi connectivity index (χ3n) is 5.53. The van der Waals surface area contributed by atoms with E-state index in [1.54, 1.807) is 17.0 Å². The van der Waals surface area contributed by atoms with E-state index in [2.05, 4.69) is 22.9 Å². The number of aryl methyl sites for hydroxylation is 2. The van der Waals surface area contributed by atoms with Gasteiger partial charge in [-0.15, -0.1) is 12.4 Å². The number of rotatable bonds is 3. The van der Waals surface area contributed by atoms with Crippen LogP contribution in [-0.2, 0) is 4.74 Å². The molecule has 2 amide bonds. The van der Waals surface area contributed by atoms with Gasteiger partial charge in [0.1, 0.15) is 12.4 Å². The van der Waals surface area contributed by atoms with E-state index in [4.69, 9.17) is 4.74 Å². The molecule has 2 saturated heterocycles. The molecule has 2 fully saturated rings. The van der Waals surface area contributed by atoms with Crippen molar-refractivity contribution >= 4 is 35.9 Å². The van der Waals surface area contributed by atoms with Gasteiger partial charge in [0.05, 0.1) is 6.04 Å². The smallest absolute Gasteiger partial charge is 0.414 e. The highest BCUT2D eigenvalue weighted by Gasteiger charge is 2.31. The predicted molar refractivity (Wildman–Crippen MR) is 119 cm³/mol. The number of anilines is 2. The lowest BCUT2D eigenvalue weighted by Crippen LogP contribution is -2.49. The Hall–Kier alpha value is -2.80. The van der Waals surface area contributed by atoms with Gasteiger partial charge < -0.3 is 14.5 Å². The van der Waals surface area contributed by atoms with E-state index in [-0.39, 0.29) is 30.4 Å². The van der Waals surface area contributed by atoms with Crippen molar-refractivity contribution in [2.75, 3.05) is 42.6 Å². The van der Waals surface area contributed by atoms with Gasteiger partial charge in [-0.1, -0.05) is 6.07 Å². The molecule has 0 saturated carbocycles. The van der Waals surface area contributed by atoms with Crippen LogP contribution in [0.25, 0.3) is 0 Å². The van der Waals surface area contributed by atoms with Crippen molar-refractivity contribution in [2.45, 2.75) is 26.8 Å². The third kappa shape index (κ3) is 4.21. The summed E-state index contributed by atoms with van der Waals surface area (Å²) in [5.74, 6) is 1.01. The molecule has 0 unspecified atom stereocenters. The Kier molecular flexibility index (Phi) is 6.51. The monoisotopic (exact) mass is 430 g/mol. The number of ether oxygens (including phenoxy) is 1. The number of pyridine rings is 1. The van der Waals surface area contributed by atoms with Gasteiger partial charge in [0.25, 0.3) is 5.91 Å². The Bertz CT molecular complexity index is 926. The summed E-state index contributed by atoms with van der Waals surface area (Å²) in [5.41, 5.74) is 3.70. The van der Waals surface area contributed by atoms with Crippen LogP contribution in [0, 0.1) is 13.8 Å². The molecule has 30 heavy (non-hydrogen) atoms. The van der Waals surface area contributed by atoms with E-state index in [1.807, 2.05) is 37.1 Å². The van der Waals surface area contributed by atoms with Crippen molar-refractivity contribution in [1.82, 2.24) is 9.88 Å². The minimum absolute atomic E-state index is 0. The van der Waals surface area contributed by atoms with E-state index in [1.165, 1.54) is 0 Å². The summed E-state index contributed by atoms with van der Waals surface area (Å²) < 4.78 is 5.07. The van der Waals surface area contributed by atoms with Crippen molar-refractivity contribution in [3.63, 3.8) is 0 Å². The van der Waals surface area contributed by atoms with Crippen molar-refractivity contribution in [2.24, 2.45) is 0 Å². The van der Waals surface area contributed by atoms with Crippen LogP contribution in [0.5, 0.6) is 0 Å². The molecule has 2 aliphatic rings. The van der Waals surface area contributed by atoms with Crippen LogP contribution in [0.4, 0.5) is 16.3 Å². The zero-order valence-corrected chi connectivity index (χ0v) is 18.3. The molecule has 4 rings (SSSR count). The molecule has 2 aliphatic heterocycles. The first-order chi connectivity index (χ1) is 13.9. The highest BCUT2D eigenvalue weighted by molar-refractivity contribution is 5.96. The number of carbonyl (C=O) groups is 2. The van der Waals surface area contributed by atoms with E-state index in [0.29, 0.717) is 25.3 Å². The first-order valence-corrected chi connectivity index (χ1v) is 9.97. The summed E-state index contributed by atoms with van der Waals surface area (Å²) in [4.78, 5) is 35.1. The van der Waals surface area contributed by atoms with E-state index in [0.717, 1.165) is 35.7 Å². The van der Waals surface area contributed by atoms with E-state index < -0.39 is 0 Å². The second-order valence-corrected chi connectivity index (χ2v) is 7.78. The van der Waals surface area contributed by atoms with Gasteiger partial charge in [0.15, 0.2) is 0 Å². The summed E-state index contributed by atoms with van der Waals surface area (Å²) in [5, 5.41) is 0. The molecular weight excluding hydrogens is 404 g/mol. The maximum atomic E-state index is 12.9. The first-order valence-electron chi connectivity index (χ1n) is 9.97. The van der Waals surface area contributed by atoms with Gasteiger partial charge in [-0.05, 0) is 56.2 Å². The van der Waals surface area contributed by atoms with Crippen LogP contribution in [-0.4, -0.2) is 60.7 Å². The fourth-order valence-electron chi connectivity index (χ4n) is 3.98. The molecular formula is C22H27ClN4O3. The lowest BCUT2D eigenvalue weighted by molar-refractivity contribution is 0.0746. The molecule has 7 nitrogen and oxygen atoms in total. The Labute approximate surface area is 183 Å². The molecule has 3 heterocycles. The SMILES string of the molecule is Cc1cnc(N2CCN(C(=O)c3ccc(N4C(=O)OC[C@@H]4C)cc3)CC2)c(C)c1.Cl. The molecule has 1 aromatic carbocycles. The average Bonchev–Trinajstić information content (AvgIpc) is 3.06. The minimum atomic E-state index is -0.340. The zero-order valence-electron chi connectivity index (χ0n) is 17.5. The molecule has 0 aliphatic carbocycles.